The second kappa shape index (κ2) is 8.91. The minimum Gasteiger partial charge on any atom is -0.103 e. The van der Waals surface area contributed by atoms with E-state index in [-0.39, 0.29) is 0 Å². The maximum Gasteiger partial charge on any atom is -0.0351 e. The van der Waals surface area contributed by atoms with Gasteiger partial charge in [-0.15, -0.1) is 6.58 Å². The zero-order chi connectivity index (χ0) is 16.9. The molecule has 24 heavy (non-hydrogen) atoms. The first-order valence-corrected chi connectivity index (χ1v) is 11.3. The molecule has 138 valence electrons. The minimum absolute atomic E-state index is 0.990. The summed E-state index contributed by atoms with van der Waals surface area (Å²) < 4.78 is 0. The molecule has 3 saturated carbocycles. The molecule has 0 spiro atoms. The highest BCUT2D eigenvalue weighted by Crippen LogP contribution is 2.47. The summed E-state index contributed by atoms with van der Waals surface area (Å²) in [6.45, 7) is 8.91. The van der Waals surface area contributed by atoms with Crippen LogP contribution in [0, 0.1) is 41.4 Å². The number of hydrogen-bond donors (Lipinski definition) is 0. The molecule has 3 rings (SSSR count). The van der Waals surface area contributed by atoms with E-state index in [1.165, 1.54) is 57.8 Å². The molecule has 3 aliphatic carbocycles. The van der Waals surface area contributed by atoms with Crippen molar-refractivity contribution in [2.24, 2.45) is 41.4 Å². The first kappa shape index (κ1) is 18.5. The van der Waals surface area contributed by atoms with Crippen LogP contribution in [0.2, 0.25) is 0 Å². The van der Waals surface area contributed by atoms with Gasteiger partial charge in [0.25, 0.3) is 0 Å². The molecule has 0 aromatic rings. The van der Waals surface area contributed by atoms with Crippen molar-refractivity contribution < 1.29 is 0 Å². The molecule has 0 heteroatoms. The fraction of sp³-hybridized carbons (Fsp3) is 0.917. The van der Waals surface area contributed by atoms with Gasteiger partial charge in [-0.3, -0.25) is 0 Å². The van der Waals surface area contributed by atoms with Gasteiger partial charge in [-0.2, -0.15) is 0 Å². The Kier molecular flexibility index (Phi) is 6.88. The number of allylic oxidation sites excluding steroid dienone is 1. The van der Waals surface area contributed by atoms with Crippen LogP contribution < -0.4 is 0 Å². The minimum atomic E-state index is 0.990. The van der Waals surface area contributed by atoms with Crippen LogP contribution in [0.15, 0.2) is 12.7 Å². The van der Waals surface area contributed by atoms with Crippen molar-refractivity contribution in [1.82, 2.24) is 0 Å². The second-order valence-electron chi connectivity index (χ2n) is 9.88. The molecule has 3 unspecified atom stereocenters. The normalized spacial score (nSPS) is 44.2. The van der Waals surface area contributed by atoms with Crippen molar-refractivity contribution >= 4 is 0 Å². The molecule has 0 aromatic heterocycles. The van der Waals surface area contributed by atoms with Crippen LogP contribution >= 0.6 is 0 Å². The first-order valence-electron chi connectivity index (χ1n) is 11.3. The van der Waals surface area contributed by atoms with E-state index < -0.39 is 0 Å². The predicted molar refractivity (Wildman–Crippen MR) is 106 cm³/mol. The lowest BCUT2D eigenvalue weighted by Crippen LogP contribution is -2.32. The summed E-state index contributed by atoms with van der Waals surface area (Å²) in [6.07, 6.45) is 21.6. The smallest absolute Gasteiger partial charge is 0.0351 e. The van der Waals surface area contributed by atoms with Gasteiger partial charge in [-0.1, -0.05) is 39.2 Å². The van der Waals surface area contributed by atoms with Crippen molar-refractivity contribution in [3.8, 4) is 0 Å². The molecule has 3 aliphatic rings. The molecule has 0 nitrogen and oxygen atoms in total. The largest absolute Gasteiger partial charge is 0.103 e. The summed E-state index contributed by atoms with van der Waals surface area (Å²) in [5, 5.41) is 0. The third-order valence-corrected chi connectivity index (χ3v) is 8.26. The Morgan fingerprint density at radius 2 is 1.33 bits per heavy atom. The molecule has 0 N–H and O–H groups in total. The summed E-state index contributed by atoms with van der Waals surface area (Å²) in [5.41, 5.74) is 0. The van der Waals surface area contributed by atoms with Crippen LogP contribution in [0.5, 0.6) is 0 Å². The lowest BCUT2D eigenvalue weighted by atomic mass is 9.62. The number of rotatable bonds is 5. The molecular formula is C24H42. The highest BCUT2D eigenvalue weighted by molar-refractivity contribution is 4.87. The van der Waals surface area contributed by atoms with Crippen molar-refractivity contribution in [3.05, 3.63) is 12.7 Å². The fourth-order valence-corrected chi connectivity index (χ4v) is 6.74. The molecule has 0 radical (unpaired) electrons. The van der Waals surface area contributed by atoms with E-state index in [1.807, 2.05) is 0 Å². The van der Waals surface area contributed by atoms with Gasteiger partial charge in [0.15, 0.2) is 0 Å². The van der Waals surface area contributed by atoms with Gasteiger partial charge in [-0.25, -0.2) is 0 Å². The van der Waals surface area contributed by atoms with Gasteiger partial charge in [0.1, 0.15) is 0 Å². The van der Waals surface area contributed by atoms with Crippen molar-refractivity contribution in [2.75, 3.05) is 0 Å². The van der Waals surface area contributed by atoms with Crippen molar-refractivity contribution in [1.29, 1.82) is 0 Å². The second-order valence-corrected chi connectivity index (χ2v) is 9.88. The molecule has 0 aliphatic heterocycles. The predicted octanol–water partition coefficient (Wildman–Crippen LogP) is 7.64. The van der Waals surface area contributed by atoms with Gasteiger partial charge in [0.05, 0.1) is 0 Å². The van der Waals surface area contributed by atoms with Crippen LogP contribution in [0.4, 0.5) is 0 Å². The Morgan fingerprint density at radius 3 is 1.92 bits per heavy atom. The van der Waals surface area contributed by atoms with E-state index in [1.54, 1.807) is 25.7 Å². The van der Waals surface area contributed by atoms with Crippen molar-refractivity contribution in [3.63, 3.8) is 0 Å². The standard InChI is InChI=1S/C24H42/c1-4-5-6-20-8-10-21(11-9-20)22-12-14-23(15-13-22)24-16-7-18(2)17-19(24)3/h4,18-24H,1,5-17H2,2-3H3. The van der Waals surface area contributed by atoms with E-state index in [0.29, 0.717) is 0 Å². The van der Waals surface area contributed by atoms with Crippen LogP contribution in [0.3, 0.4) is 0 Å². The van der Waals surface area contributed by atoms with Gasteiger partial charge < -0.3 is 0 Å². The van der Waals surface area contributed by atoms with Crippen LogP contribution in [0.1, 0.15) is 97.3 Å². The highest BCUT2D eigenvalue weighted by Gasteiger charge is 2.36. The molecule has 0 bridgehead atoms. The SMILES string of the molecule is C=CCCC1CCC(C2CCC(C3CCC(C)CC3C)CC2)CC1. The molecule has 3 fully saturated rings. The van der Waals surface area contributed by atoms with Gasteiger partial charge in [0, 0.05) is 0 Å². The maximum absolute atomic E-state index is 3.89. The van der Waals surface area contributed by atoms with E-state index in [2.05, 4.69) is 26.5 Å². The van der Waals surface area contributed by atoms with E-state index in [4.69, 9.17) is 0 Å². The fourth-order valence-electron chi connectivity index (χ4n) is 6.74. The van der Waals surface area contributed by atoms with E-state index in [9.17, 15) is 0 Å². The molecule has 0 aromatic carbocycles. The highest BCUT2D eigenvalue weighted by atomic mass is 14.4. The first-order chi connectivity index (χ1) is 11.7. The molecule has 0 heterocycles. The van der Waals surface area contributed by atoms with Crippen LogP contribution in [-0.2, 0) is 0 Å². The Morgan fingerprint density at radius 1 is 0.750 bits per heavy atom. The monoisotopic (exact) mass is 330 g/mol. The van der Waals surface area contributed by atoms with Gasteiger partial charge in [-0.05, 0) is 106 Å². The van der Waals surface area contributed by atoms with E-state index in [0.717, 1.165) is 41.4 Å². The average Bonchev–Trinajstić information content (AvgIpc) is 2.61. The van der Waals surface area contributed by atoms with Crippen molar-refractivity contribution in [2.45, 2.75) is 97.3 Å². The Balaban J connectivity index is 1.40. The lowest BCUT2D eigenvalue weighted by Gasteiger charge is -2.43. The van der Waals surface area contributed by atoms with Crippen LogP contribution in [-0.4, -0.2) is 0 Å². The zero-order valence-electron chi connectivity index (χ0n) is 16.5. The summed E-state index contributed by atoms with van der Waals surface area (Å²) in [6, 6.07) is 0. The Hall–Kier alpha value is -0.260. The molecule has 0 amide bonds. The third-order valence-electron chi connectivity index (χ3n) is 8.26. The molecule has 0 saturated heterocycles. The average molecular weight is 331 g/mol. The Bertz CT molecular complexity index is 367. The quantitative estimate of drug-likeness (QED) is 0.454. The summed E-state index contributed by atoms with van der Waals surface area (Å²) in [4.78, 5) is 0. The Labute approximate surface area is 151 Å². The molecular weight excluding hydrogens is 288 g/mol. The van der Waals surface area contributed by atoms with Gasteiger partial charge >= 0.3 is 0 Å². The maximum atomic E-state index is 3.89. The zero-order valence-corrected chi connectivity index (χ0v) is 16.5. The molecule has 3 atom stereocenters. The lowest BCUT2D eigenvalue weighted by molar-refractivity contribution is 0.0775. The topological polar surface area (TPSA) is 0 Å². The van der Waals surface area contributed by atoms with E-state index >= 15 is 0 Å². The van der Waals surface area contributed by atoms with Crippen LogP contribution in [0.25, 0.3) is 0 Å². The summed E-state index contributed by atoms with van der Waals surface area (Å²) in [5.74, 6) is 7.30. The van der Waals surface area contributed by atoms with Gasteiger partial charge in [0.2, 0.25) is 0 Å². The summed E-state index contributed by atoms with van der Waals surface area (Å²) in [7, 11) is 0. The number of hydrogen-bond acceptors (Lipinski definition) is 0. The summed E-state index contributed by atoms with van der Waals surface area (Å²) >= 11 is 0. The third kappa shape index (κ3) is 4.67.